The molecule has 4 fully saturated rings. The van der Waals surface area contributed by atoms with Gasteiger partial charge in [0.25, 0.3) is 0 Å². The average Bonchev–Trinajstić information content (AvgIpc) is 2.93. The number of fused-ring (bicyclic) bond motifs is 5. The molecule has 0 aliphatic heterocycles. The summed E-state index contributed by atoms with van der Waals surface area (Å²) in [6, 6.07) is 0. The first kappa shape index (κ1) is 18.3. The zero-order valence-corrected chi connectivity index (χ0v) is 17.2. The van der Waals surface area contributed by atoms with Crippen LogP contribution >= 0.6 is 0 Å². The molecule has 4 aliphatic carbocycles. The Balaban J connectivity index is 1.57. The maximum absolute atomic E-state index is 11.1. The summed E-state index contributed by atoms with van der Waals surface area (Å²) in [5.74, 6) is 5.57. The highest BCUT2D eigenvalue weighted by Crippen LogP contribution is 2.68. The quantitative estimate of drug-likeness (QED) is 0.709. The van der Waals surface area contributed by atoms with Crippen molar-refractivity contribution in [1.29, 1.82) is 0 Å². The van der Waals surface area contributed by atoms with Gasteiger partial charge in [-0.05, 0) is 98.2 Å². The van der Waals surface area contributed by atoms with E-state index in [1.807, 2.05) is 0 Å². The third-order valence-corrected chi connectivity index (χ3v) is 10.4. The molecule has 5 unspecified atom stereocenters. The predicted octanol–water partition coefficient (Wildman–Crippen LogP) is 5.07. The minimum Gasteiger partial charge on any atom is -0.393 e. The second kappa shape index (κ2) is 6.55. The lowest BCUT2D eigenvalue weighted by Gasteiger charge is -2.61. The highest BCUT2D eigenvalue weighted by atomic mass is 32.1. The van der Waals surface area contributed by atoms with Gasteiger partial charge < -0.3 is 5.11 Å². The molecule has 4 rings (SSSR count). The van der Waals surface area contributed by atoms with Crippen LogP contribution in [-0.4, -0.2) is 17.0 Å². The van der Waals surface area contributed by atoms with Crippen molar-refractivity contribution in [2.24, 2.45) is 46.3 Å². The second-order valence-corrected chi connectivity index (χ2v) is 11.1. The zero-order valence-electron chi connectivity index (χ0n) is 16.4. The van der Waals surface area contributed by atoms with Crippen molar-refractivity contribution < 1.29 is 9.32 Å². The highest BCUT2D eigenvalue weighted by molar-refractivity contribution is 7.65. The molecular formula is C22H37O2S+. The van der Waals surface area contributed by atoms with E-state index in [1.165, 1.54) is 44.9 Å². The molecular weight excluding hydrogens is 328 g/mol. The number of rotatable bonds is 3. The van der Waals surface area contributed by atoms with Gasteiger partial charge in [0.15, 0.2) is 0 Å². The van der Waals surface area contributed by atoms with Crippen LogP contribution in [0.1, 0.15) is 78.6 Å². The van der Waals surface area contributed by atoms with Gasteiger partial charge in [-0.1, -0.05) is 20.8 Å². The minimum atomic E-state index is -0.0372. The lowest BCUT2D eigenvalue weighted by molar-refractivity contribution is -0.128. The van der Waals surface area contributed by atoms with Gasteiger partial charge in [0.05, 0.1) is 6.10 Å². The summed E-state index contributed by atoms with van der Waals surface area (Å²) in [5, 5.41) is 10.2. The van der Waals surface area contributed by atoms with Gasteiger partial charge >= 0.3 is 11.7 Å². The maximum atomic E-state index is 11.1. The summed E-state index contributed by atoms with van der Waals surface area (Å²) in [6.45, 7) is 7.48. The maximum Gasteiger partial charge on any atom is 0.458 e. The molecule has 4 aliphatic rings. The molecule has 0 aromatic carbocycles. The number of aliphatic hydroxyl groups excluding tert-OH is 1. The van der Waals surface area contributed by atoms with Gasteiger partial charge in [-0.25, -0.2) is 0 Å². The van der Waals surface area contributed by atoms with Crippen molar-refractivity contribution in [2.75, 3.05) is 5.75 Å². The van der Waals surface area contributed by atoms with Crippen molar-refractivity contribution in [3.8, 4) is 0 Å². The van der Waals surface area contributed by atoms with E-state index in [0.717, 1.165) is 59.9 Å². The fraction of sp³-hybridized carbons (Fsp3) is 1.00. The van der Waals surface area contributed by atoms with Crippen LogP contribution in [-0.2, 0) is 15.9 Å². The van der Waals surface area contributed by atoms with Crippen LogP contribution in [0.3, 0.4) is 0 Å². The van der Waals surface area contributed by atoms with Gasteiger partial charge in [-0.3, -0.25) is 0 Å². The van der Waals surface area contributed by atoms with Crippen LogP contribution in [0.2, 0.25) is 0 Å². The van der Waals surface area contributed by atoms with Crippen LogP contribution in [0.4, 0.5) is 0 Å². The summed E-state index contributed by atoms with van der Waals surface area (Å²) in [6.07, 6.45) is 11.6. The standard InChI is InChI=1S/C22H37O2S/c1-14(13-25-24)18-6-7-19-17-5-4-15-12-16(23)8-10-21(15,2)20(17)9-11-22(18,19)3/h14-20,23H,4-13H2,1-3H3/q+1/t14-,15?,16?,17?,18-,19?,20?,21+,22-/m1/s1. The molecule has 0 amide bonds. The fourth-order valence-electron chi connectivity index (χ4n) is 8.43. The molecule has 0 aromatic rings. The van der Waals surface area contributed by atoms with E-state index >= 15 is 0 Å². The van der Waals surface area contributed by atoms with Crippen LogP contribution in [0.25, 0.3) is 0 Å². The number of hydrogen-bond acceptors (Lipinski definition) is 2. The first-order chi connectivity index (χ1) is 11.9. The van der Waals surface area contributed by atoms with Gasteiger partial charge in [0.1, 0.15) is 0 Å². The second-order valence-electron chi connectivity index (χ2n) is 10.6. The smallest absolute Gasteiger partial charge is 0.393 e. The molecule has 1 N–H and O–H groups in total. The summed E-state index contributed by atoms with van der Waals surface area (Å²) in [4.78, 5) is 0. The van der Waals surface area contributed by atoms with E-state index in [0.29, 0.717) is 16.7 Å². The lowest BCUT2D eigenvalue weighted by Crippen LogP contribution is -2.54. The monoisotopic (exact) mass is 365 g/mol. The lowest BCUT2D eigenvalue weighted by atomic mass is 9.44. The van der Waals surface area contributed by atoms with Crippen molar-refractivity contribution in [1.82, 2.24) is 0 Å². The normalized spacial score (nSPS) is 53.4. The van der Waals surface area contributed by atoms with E-state index in [-0.39, 0.29) is 6.10 Å². The molecule has 0 radical (unpaired) electrons. The average molecular weight is 366 g/mol. The summed E-state index contributed by atoms with van der Waals surface area (Å²) in [5.41, 5.74) is 0.964. The van der Waals surface area contributed by atoms with E-state index in [9.17, 15) is 9.32 Å². The molecule has 2 nitrogen and oxygen atoms in total. The Morgan fingerprint density at radius 2 is 1.72 bits per heavy atom. The van der Waals surface area contributed by atoms with E-state index in [4.69, 9.17) is 0 Å². The molecule has 3 heteroatoms. The van der Waals surface area contributed by atoms with Crippen molar-refractivity contribution in [2.45, 2.75) is 84.7 Å². The van der Waals surface area contributed by atoms with Crippen LogP contribution in [0.5, 0.6) is 0 Å². The number of aliphatic hydroxyl groups is 1. The van der Waals surface area contributed by atoms with Crippen molar-refractivity contribution in [3.63, 3.8) is 0 Å². The largest absolute Gasteiger partial charge is 0.458 e. The predicted molar refractivity (Wildman–Crippen MR) is 103 cm³/mol. The third kappa shape index (κ3) is 2.74. The van der Waals surface area contributed by atoms with Crippen LogP contribution < -0.4 is 0 Å². The molecule has 0 spiro atoms. The Hall–Kier alpha value is -0.0200. The molecule has 0 bridgehead atoms. The minimum absolute atomic E-state index is 0.0372. The van der Waals surface area contributed by atoms with Crippen molar-refractivity contribution >= 4 is 11.7 Å². The molecule has 0 heterocycles. The Kier molecular flexibility index (Phi) is 4.81. The van der Waals surface area contributed by atoms with Gasteiger partial charge in [0, 0.05) is 10.1 Å². The molecule has 25 heavy (non-hydrogen) atoms. The van der Waals surface area contributed by atoms with Gasteiger partial charge in [0.2, 0.25) is 5.75 Å². The SMILES string of the molecule is C[C@H](C[S+]=O)[C@H]1CCC2C3CCC4CC(O)CC[C@]4(C)C3CC[C@@]21C. The van der Waals surface area contributed by atoms with E-state index < -0.39 is 0 Å². The molecule has 9 atom stereocenters. The highest BCUT2D eigenvalue weighted by Gasteiger charge is 2.60. The fourth-order valence-corrected chi connectivity index (χ4v) is 8.88. The molecule has 0 aromatic heterocycles. The Labute approximate surface area is 158 Å². The van der Waals surface area contributed by atoms with E-state index in [1.54, 1.807) is 0 Å². The summed E-state index contributed by atoms with van der Waals surface area (Å²) in [7, 11) is 0. The van der Waals surface area contributed by atoms with E-state index in [2.05, 4.69) is 20.8 Å². The van der Waals surface area contributed by atoms with Crippen molar-refractivity contribution in [3.05, 3.63) is 0 Å². The Morgan fingerprint density at radius 1 is 1.00 bits per heavy atom. The Morgan fingerprint density at radius 3 is 2.48 bits per heavy atom. The molecule has 142 valence electrons. The summed E-state index contributed by atoms with van der Waals surface area (Å²) >= 11 is 0.798. The zero-order chi connectivity index (χ0) is 17.8. The first-order valence-electron chi connectivity index (χ1n) is 10.8. The summed E-state index contributed by atoms with van der Waals surface area (Å²) < 4.78 is 11.1. The van der Waals surface area contributed by atoms with Gasteiger partial charge in [-0.15, -0.1) is 0 Å². The number of hydrogen-bond donors (Lipinski definition) is 1. The van der Waals surface area contributed by atoms with Crippen LogP contribution in [0, 0.1) is 46.3 Å². The van der Waals surface area contributed by atoms with Crippen LogP contribution in [0.15, 0.2) is 0 Å². The first-order valence-corrected chi connectivity index (χ1v) is 11.7. The third-order valence-electron chi connectivity index (χ3n) is 9.73. The Bertz CT molecular complexity index is 522. The molecule has 0 saturated heterocycles. The topological polar surface area (TPSA) is 37.3 Å². The molecule has 4 saturated carbocycles. The van der Waals surface area contributed by atoms with Gasteiger partial charge in [-0.2, -0.15) is 0 Å².